The van der Waals surface area contributed by atoms with Gasteiger partial charge >= 0.3 is 0 Å². The summed E-state index contributed by atoms with van der Waals surface area (Å²) < 4.78 is 13.6. The molecule has 12 heteroatoms. The molecule has 3 aliphatic heterocycles. The summed E-state index contributed by atoms with van der Waals surface area (Å²) in [7, 11) is 0. The molecule has 1 aromatic rings. The van der Waals surface area contributed by atoms with E-state index in [1.807, 2.05) is 0 Å². The first kappa shape index (κ1) is 23.3. The molecule has 0 aliphatic carbocycles. The third-order valence-electron chi connectivity index (χ3n) is 5.84. The van der Waals surface area contributed by atoms with Gasteiger partial charge in [0.05, 0.1) is 37.6 Å². The maximum absolute atomic E-state index is 12.9. The molecule has 1 N–H and O–H groups in total. The van der Waals surface area contributed by atoms with Gasteiger partial charge in [0.1, 0.15) is 6.04 Å². The zero-order valence-electron chi connectivity index (χ0n) is 17.9. The molecular weight excluding hydrogens is 452 g/mol. The number of fused-ring (bicyclic) bond motifs is 1. The molecule has 0 bridgehead atoms. The van der Waals surface area contributed by atoms with Gasteiger partial charge in [0.25, 0.3) is 11.8 Å². The summed E-state index contributed by atoms with van der Waals surface area (Å²) in [4.78, 5) is 62.3. The zero-order valence-corrected chi connectivity index (χ0v) is 18.7. The van der Waals surface area contributed by atoms with Crippen molar-refractivity contribution in [1.29, 1.82) is 0 Å². The second kappa shape index (κ2) is 10.4. The highest BCUT2D eigenvalue weighted by Crippen LogP contribution is 2.32. The first-order valence-electron chi connectivity index (χ1n) is 10.7. The van der Waals surface area contributed by atoms with E-state index in [0.29, 0.717) is 38.1 Å². The van der Waals surface area contributed by atoms with Crippen LogP contribution in [0.2, 0.25) is 0 Å². The normalized spacial score (nSPS) is 20.7. The van der Waals surface area contributed by atoms with Crippen molar-refractivity contribution in [2.45, 2.75) is 18.9 Å². The standard InChI is InChI=1S/C21H24N4O7S/c26-18-4-3-17(19(27)22-18)25-20(28)15-2-1-14(9-16(15)21(25)29)24-10-13(11-24)12-32-6-5-31-7-8-33-23-30/h1-2,9,13,17H,3-8,10-12H2,(H,22,26,27). The largest absolute Gasteiger partial charge is 0.379 e. The topological polar surface area (TPSA) is 135 Å². The number of amides is 4. The molecule has 0 spiro atoms. The number of ether oxygens (including phenoxy) is 2. The Morgan fingerprint density at radius 2 is 1.79 bits per heavy atom. The van der Waals surface area contributed by atoms with Gasteiger partial charge in [-0.05, 0) is 24.6 Å². The third-order valence-corrected chi connectivity index (χ3v) is 6.30. The molecule has 33 heavy (non-hydrogen) atoms. The van der Waals surface area contributed by atoms with Crippen LogP contribution < -0.4 is 10.2 Å². The summed E-state index contributed by atoms with van der Waals surface area (Å²) in [5.41, 5.74) is 1.39. The number of carbonyl (C=O) groups is 4. The second-order valence-electron chi connectivity index (χ2n) is 8.04. The number of nitroso groups, excluding NO2 is 1. The quantitative estimate of drug-likeness (QED) is 0.214. The molecule has 4 amide bonds. The average molecular weight is 477 g/mol. The molecule has 11 nitrogen and oxygen atoms in total. The number of benzene rings is 1. The van der Waals surface area contributed by atoms with E-state index in [1.165, 1.54) is 0 Å². The van der Waals surface area contributed by atoms with Crippen LogP contribution in [0.15, 0.2) is 22.8 Å². The van der Waals surface area contributed by atoms with E-state index in [4.69, 9.17) is 9.47 Å². The Balaban J connectivity index is 1.26. The van der Waals surface area contributed by atoms with Crippen molar-refractivity contribution in [3.8, 4) is 0 Å². The molecule has 4 rings (SSSR count). The Morgan fingerprint density at radius 1 is 1.03 bits per heavy atom. The lowest BCUT2D eigenvalue weighted by molar-refractivity contribution is -0.136. The molecule has 3 heterocycles. The van der Waals surface area contributed by atoms with Gasteiger partial charge in [-0.2, -0.15) is 0 Å². The number of nitrogens with zero attached hydrogens (tertiary/aromatic N) is 3. The van der Waals surface area contributed by atoms with Crippen molar-refractivity contribution in [2.75, 3.05) is 50.2 Å². The van der Waals surface area contributed by atoms with E-state index in [1.54, 1.807) is 18.2 Å². The smallest absolute Gasteiger partial charge is 0.262 e. The molecule has 176 valence electrons. The van der Waals surface area contributed by atoms with Gasteiger partial charge in [-0.15, -0.1) is 4.91 Å². The summed E-state index contributed by atoms with van der Waals surface area (Å²) in [6, 6.07) is 4.15. The van der Waals surface area contributed by atoms with Crippen LogP contribution in [0.1, 0.15) is 33.6 Å². The first-order chi connectivity index (χ1) is 16.0. The van der Waals surface area contributed by atoms with Crippen molar-refractivity contribution in [1.82, 2.24) is 10.2 Å². The van der Waals surface area contributed by atoms with Crippen LogP contribution in [-0.4, -0.2) is 79.8 Å². The van der Waals surface area contributed by atoms with Crippen LogP contribution in [0.4, 0.5) is 5.69 Å². The predicted octanol–water partition coefficient (Wildman–Crippen LogP) is 0.972. The van der Waals surface area contributed by atoms with Gasteiger partial charge < -0.3 is 14.4 Å². The lowest BCUT2D eigenvalue weighted by Crippen LogP contribution is -2.54. The number of hydrogen-bond acceptors (Lipinski definition) is 10. The maximum Gasteiger partial charge on any atom is 0.262 e. The summed E-state index contributed by atoms with van der Waals surface area (Å²) in [6.45, 7) is 3.51. The van der Waals surface area contributed by atoms with Crippen molar-refractivity contribution in [3.63, 3.8) is 0 Å². The van der Waals surface area contributed by atoms with Gasteiger partial charge in [-0.1, -0.05) is 0 Å². The Kier molecular flexibility index (Phi) is 7.36. The number of nitrogens with one attached hydrogen (secondary N) is 1. The molecule has 0 radical (unpaired) electrons. The van der Waals surface area contributed by atoms with Crippen LogP contribution in [0.3, 0.4) is 0 Å². The Morgan fingerprint density at radius 3 is 2.55 bits per heavy atom. The summed E-state index contributed by atoms with van der Waals surface area (Å²) in [5, 5.41) is 2.19. The SMILES string of the molecule is O=NSCCOCCOCC1CN(c2ccc3c(c2)C(=O)N(C2CCC(=O)NC2=O)C3=O)C1. The minimum absolute atomic E-state index is 0.0924. The number of rotatable bonds is 11. The fourth-order valence-electron chi connectivity index (χ4n) is 4.15. The molecule has 1 unspecified atom stereocenters. The molecule has 1 aromatic carbocycles. The monoisotopic (exact) mass is 476 g/mol. The zero-order chi connectivity index (χ0) is 23.4. The van der Waals surface area contributed by atoms with E-state index in [9.17, 15) is 24.1 Å². The van der Waals surface area contributed by atoms with Crippen LogP contribution in [-0.2, 0) is 19.1 Å². The number of anilines is 1. The van der Waals surface area contributed by atoms with Gasteiger partial charge in [-0.3, -0.25) is 29.4 Å². The van der Waals surface area contributed by atoms with E-state index in [2.05, 4.69) is 14.8 Å². The van der Waals surface area contributed by atoms with Crippen molar-refractivity contribution >= 4 is 41.3 Å². The highest BCUT2D eigenvalue weighted by atomic mass is 32.2. The molecule has 2 fully saturated rings. The Bertz CT molecular complexity index is 966. The molecule has 3 aliphatic rings. The van der Waals surface area contributed by atoms with Crippen molar-refractivity contribution in [3.05, 3.63) is 34.2 Å². The minimum Gasteiger partial charge on any atom is -0.379 e. The molecule has 0 saturated carbocycles. The second-order valence-corrected chi connectivity index (χ2v) is 8.86. The van der Waals surface area contributed by atoms with Crippen LogP contribution in [0.25, 0.3) is 0 Å². The highest BCUT2D eigenvalue weighted by Gasteiger charge is 2.45. The molecular formula is C21H24N4O7S. The first-order valence-corrected chi connectivity index (χ1v) is 11.6. The van der Waals surface area contributed by atoms with Gasteiger partial charge in [0.2, 0.25) is 11.8 Å². The van der Waals surface area contributed by atoms with Crippen molar-refractivity contribution < 1.29 is 28.7 Å². The van der Waals surface area contributed by atoms with Gasteiger partial charge in [-0.25, -0.2) is 0 Å². The fourth-order valence-corrected chi connectivity index (χ4v) is 4.41. The van der Waals surface area contributed by atoms with E-state index in [0.717, 1.165) is 35.6 Å². The molecule has 2 saturated heterocycles. The lowest BCUT2D eigenvalue weighted by Gasteiger charge is -2.41. The van der Waals surface area contributed by atoms with Crippen LogP contribution in [0, 0.1) is 10.8 Å². The maximum atomic E-state index is 12.9. The molecule has 0 aromatic heterocycles. The third kappa shape index (κ3) is 5.07. The van der Waals surface area contributed by atoms with E-state index in [-0.39, 0.29) is 24.0 Å². The summed E-state index contributed by atoms with van der Waals surface area (Å²) in [5.74, 6) is -1.14. The highest BCUT2D eigenvalue weighted by molar-refractivity contribution is 7.97. The number of imide groups is 2. The van der Waals surface area contributed by atoms with Gasteiger partial charge in [0.15, 0.2) is 0 Å². The van der Waals surface area contributed by atoms with E-state index >= 15 is 0 Å². The predicted molar refractivity (Wildman–Crippen MR) is 119 cm³/mol. The Labute approximate surface area is 194 Å². The Hall–Kier alpha value is -2.83. The number of carbonyl (C=O) groups excluding carboxylic acids is 4. The van der Waals surface area contributed by atoms with Gasteiger partial charge in [0, 0.05) is 53.4 Å². The summed E-state index contributed by atoms with van der Waals surface area (Å²) in [6.07, 6.45) is 0.228. The fraction of sp³-hybridized carbons (Fsp3) is 0.524. The number of hydrogen-bond donors (Lipinski definition) is 1. The number of piperidine rings is 1. The summed E-state index contributed by atoms with van der Waals surface area (Å²) >= 11 is 0.928. The lowest BCUT2D eigenvalue weighted by atomic mass is 9.99. The van der Waals surface area contributed by atoms with Crippen molar-refractivity contribution in [2.24, 2.45) is 10.5 Å². The van der Waals surface area contributed by atoms with Crippen LogP contribution in [0.5, 0.6) is 0 Å². The van der Waals surface area contributed by atoms with E-state index < -0.39 is 29.7 Å². The van der Waals surface area contributed by atoms with Crippen LogP contribution >= 0.6 is 11.9 Å². The average Bonchev–Trinajstić information content (AvgIpc) is 3.01. The molecule has 1 atom stereocenters. The minimum atomic E-state index is -0.964.